The van der Waals surface area contributed by atoms with E-state index in [4.69, 9.17) is 14.2 Å². The van der Waals surface area contributed by atoms with Crippen LogP contribution in [0.15, 0.2) is 24.3 Å². The van der Waals surface area contributed by atoms with E-state index in [1.54, 1.807) is 0 Å². The zero-order valence-electron chi connectivity index (χ0n) is 15.6. The summed E-state index contributed by atoms with van der Waals surface area (Å²) in [6, 6.07) is 7.47. The SMILES string of the molecule is CCOc1cccc(C(=O)N2CCC3(CC2)C[C@@H](OCC2CC2)CO3)c1. The summed E-state index contributed by atoms with van der Waals surface area (Å²) in [6.07, 6.45) is 5.64. The second-order valence-electron chi connectivity index (χ2n) is 7.85. The minimum absolute atomic E-state index is 0.0842. The molecule has 0 aromatic heterocycles. The number of amides is 1. The zero-order valence-corrected chi connectivity index (χ0v) is 15.6. The molecule has 1 amide bonds. The Balaban J connectivity index is 1.30. The second kappa shape index (κ2) is 7.57. The summed E-state index contributed by atoms with van der Waals surface area (Å²) in [4.78, 5) is 14.8. The maximum atomic E-state index is 12.8. The summed E-state index contributed by atoms with van der Waals surface area (Å²) in [7, 11) is 0. The quantitative estimate of drug-likeness (QED) is 0.782. The molecule has 4 rings (SSSR count). The number of hydrogen-bond acceptors (Lipinski definition) is 4. The number of ether oxygens (including phenoxy) is 3. The van der Waals surface area contributed by atoms with Gasteiger partial charge in [0.15, 0.2) is 0 Å². The van der Waals surface area contributed by atoms with Crippen molar-refractivity contribution >= 4 is 5.91 Å². The van der Waals surface area contributed by atoms with Gasteiger partial charge in [-0.05, 0) is 56.7 Å². The Bertz CT molecular complexity index is 635. The molecule has 2 saturated heterocycles. The lowest BCUT2D eigenvalue weighted by atomic mass is 9.87. The van der Waals surface area contributed by atoms with E-state index in [0.717, 1.165) is 50.6 Å². The Morgan fingerprint density at radius 1 is 1.31 bits per heavy atom. The molecule has 142 valence electrons. The van der Waals surface area contributed by atoms with Crippen LogP contribution in [0.3, 0.4) is 0 Å². The fourth-order valence-corrected chi connectivity index (χ4v) is 4.00. The van der Waals surface area contributed by atoms with Crippen molar-refractivity contribution in [2.75, 3.05) is 32.9 Å². The van der Waals surface area contributed by atoms with Crippen molar-refractivity contribution in [3.05, 3.63) is 29.8 Å². The van der Waals surface area contributed by atoms with E-state index in [1.807, 2.05) is 36.1 Å². The van der Waals surface area contributed by atoms with Crippen molar-refractivity contribution in [2.45, 2.75) is 50.7 Å². The molecular weight excluding hydrogens is 330 g/mol. The normalized spacial score (nSPS) is 24.8. The molecule has 1 aliphatic carbocycles. The van der Waals surface area contributed by atoms with Gasteiger partial charge in [0, 0.05) is 31.7 Å². The van der Waals surface area contributed by atoms with Crippen molar-refractivity contribution in [3.8, 4) is 5.75 Å². The standard InChI is InChI=1S/C21H29NO4/c1-2-24-18-5-3-4-17(12-18)20(23)22-10-8-21(9-11-22)13-19(15-26-21)25-14-16-6-7-16/h3-5,12,16,19H,2,6-11,13-15H2,1H3/t19-/m1/s1. The fourth-order valence-electron chi connectivity index (χ4n) is 4.00. The van der Waals surface area contributed by atoms with Gasteiger partial charge in [0.25, 0.3) is 5.91 Å². The predicted molar refractivity (Wildman–Crippen MR) is 98.5 cm³/mol. The molecule has 2 heterocycles. The third kappa shape index (κ3) is 4.04. The average molecular weight is 359 g/mol. The Morgan fingerprint density at radius 2 is 2.12 bits per heavy atom. The van der Waals surface area contributed by atoms with E-state index in [1.165, 1.54) is 12.8 Å². The Hall–Kier alpha value is -1.59. The van der Waals surface area contributed by atoms with E-state index >= 15 is 0 Å². The molecule has 0 unspecified atom stereocenters. The van der Waals surface area contributed by atoms with Crippen molar-refractivity contribution in [1.82, 2.24) is 4.90 Å². The van der Waals surface area contributed by atoms with Gasteiger partial charge < -0.3 is 19.1 Å². The number of carbonyl (C=O) groups is 1. The van der Waals surface area contributed by atoms with Crippen LogP contribution in [-0.2, 0) is 9.47 Å². The van der Waals surface area contributed by atoms with Crippen LogP contribution in [0.25, 0.3) is 0 Å². The van der Waals surface area contributed by atoms with Crippen molar-refractivity contribution in [3.63, 3.8) is 0 Å². The summed E-state index contributed by atoms with van der Waals surface area (Å²) >= 11 is 0. The maximum absolute atomic E-state index is 12.8. The van der Waals surface area contributed by atoms with Gasteiger partial charge in [-0.2, -0.15) is 0 Å². The summed E-state index contributed by atoms with van der Waals surface area (Å²) in [5, 5.41) is 0. The first-order valence-corrected chi connectivity index (χ1v) is 9.95. The fraction of sp³-hybridized carbons (Fsp3) is 0.667. The molecule has 1 spiro atoms. The number of benzene rings is 1. The third-order valence-corrected chi connectivity index (χ3v) is 5.79. The van der Waals surface area contributed by atoms with Crippen LogP contribution in [0.5, 0.6) is 5.75 Å². The Labute approximate surface area is 155 Å². The number of carbonyl (C=O) groups excluding carboxylic acids is 1. The number of piperidine rings is 1. The van der Waals surface area contributed by atoms with Gasteiger partial charge in [0.2, 0.25) is 0 Å². The van der Waals surface area contributed by atoms with E-state index in [2.05, 4.69) is 0 Å². The summed E-state index contributed by atoms with van der Waals surface area (Å²) in [5.41, 5.74) is 0.614. The molecule has 3 aliphatic rings. The number of rotatable bonds is 6. The van der Waals surface area contributed by atoms with Crippen LogP contribution in [0.1, 0.15) is 49.4 Å². The lowest BCUT2D eigenvalue weighted by molar-refractivity contribution is -0.0410. The van der Waals surface area contributed by atoms with Gasteiger partial charge in [-0.15, -0.1) is 0 Å². The molecule has 3 fully saturated rings. The summed E-state index contributed by atoms with van der Waals surface area (Å²) in [6.45, 7) is 5.63. The molecular formula is C21H29NO4. The van der Waals surface area contributed by atoms with Crippen molar-refractivity contribution < 1.29 is 19.0 Å². The highest BCUT2D eigenvalue weighted by Gasteiger charge is 2.44. The van der Waals surface area contributed by atoms with E-state index in [9.17, 15) is 4.79 Å². The first-order chi connectivity index (χ1) is 12.7. The number of nitrogens with zero attached hydrogens (tertiary/aromatic N) is 1. The van der Waals surface area contributed by atoms with E-state index in [-0.39, 0.29) is 17.6 Å². The molecule has 1 aromatic rings. The molecule has 1 aromatic carbocycles. The van der Waals surface area contributed by atoms with Gasteiger partial charge in [-0.1, -0.05) is 6.07 Å². The largest absolute Gasteiger partial charge is 0.494 e. The third-order valence-electron chi connectivity index (χ3n) is 5.79. The molecule has 5 heteroatoms. The van der Waals surface area contributed by atoms with Gasteiger partial charge in [-0.3, -0.25) is 4.79 Å². The average Bonchev–Trinajstić information content (AvgIpc) is 3.42. The first-order valence-electron chi connectivity index (χ1n) is 9.95. The second-order valence-corrected chi connectivity index (χ2v) is 7.85. The molecule has 1 saturated carbocycles. The van der Waals surface area contributed by atoms with Crippen LogP contribution in [0.4, 0.5) is 0 Å². The predicted octanol–water partition coefficient (Wildman–Crippen LogP) is 3.28. The van der Waals surface area contributed by atoms with Crippen LogP contribution >= 0.6 is 0 Å². The Kier molecular flexibility index (Phi) is 5.18. The topological polar surface area (TPSA) is 48.0 Å². The van der Waals surface area contributed by atoms with Crippen molar-refractivity contribution in [1.29, 1.82) is 0 Å². The number of hydrogen-bond donors (Lipinski definition) is 0. The van der Waals surface area contributed by atoms with Crippen LogP contribution < -0.4 is 4.74 Å². The van der Waals surface area contributed by atoms with Gasteiger partial charge >= 0.3 is 0 Å². The minimum Gasteiger partial charge on any atom is -0.494 e. The highest BCUT2D eigenvalue weighted by molar-refractivity contribution is 5.94. The van der Waals surface area contributed by atoms with Gasteiger partial charge in [-0.25, -0.2) is 0 Å². The highest BCUT2D eigenvalue weighted by atomic mass is 16.6. The first kappa shape index (κ1) is 17.8. The highest BCUT2D eigenvalue weighted by Crippen LogP contribution is 2.38. The lowest BCUT2D eigenvalue weighted by Gasteiger charge is -2.38. The van der Waals surface area contributed by atoms with E-state index < -0.39 is 0 Å². The summed E-state index contributed by atoms with van der Waals surface area (Å²) < 4.78 is 17.7. The zero-order chi connectivity index (χ0) is 18.0. The molecule has 1 atom stereocenters. The number of likely N-dealkylation sites (tertiary alicyclic amines) is 1. The lowest BCUT2D eigenvalue weighted by Crippen LogP contribution is -2.46. The molecule has 26 heavy (non-hydrogen) atoms. The molecule has 0 N–H and O–H groups in total. The van der Waals surface area contributed by atoms with Crippen LogP contribution in [0, 0.1) is 5.92 Å². The molecule has 5 nitrogen and oxygen atoms in total. The molecule has 2 aliphatic heterocycles. The summed E-state index contributed by atoms with van der Waals surface area (Å²) in [5.74, 6) is 1.63. The molecule has 0 radical (unpaired) electrons. The Morgan fingerprint density at radius 3 is 2.85 bits per heavy atom. The van der Waals surface area contributed by atoms with Gasteiger partial charge in [0.05, 0.1) is 24.9 Å². The maximum Gasteiger partial charge on any atom is 0.253 e. The van der Waals surface area contributed by atoms with Crippen LogP contribution in [-0.4, -0.2) is 55.4 Å². The van der Waals surface area contributed by atoms with E-state index in [0.29, 0.717) is 18.8 Å². The van der Waals surface area contributed by atoms with Crippen molar-refractivity contribution in [2.24, 2.45) is 5.92 Å². The smallest absolute Gasteiger partial charge is 0.253 e. The molecule has 0 bridgehead atoms. The monoisotopic (exact) mass is 359 g/mol. The van der Waals surface area contributed by atoms with Gasteiger partial charge in [0.1, 0.15) is 5.75 Å². The van der Waals surface area contributed by atoms with Crippen LogP contribution in [0.2, 0.25) is 0 Å². The minimum atomic E-state index is -0.0852.